The summed E-state index contributed by atoms with van der Waals surface area (Å²) in [5, 5.41) is 2.91. The Labute approximate surface area is 182 Å². The van der Waals surface area contributed by atoms with E-state index in [-0.39, 0.29) is 11.8 Å². The number of anilines is 1. The third-order valence-electron chi connectivity index (χ3n) is 5.39. The lowest BCUT2D eigenvalue weighted by Crippen LogP contribution is -2.47. The minimum Gasteiger partial charge on any atom is -0.481 e. The van der Waals surface area contributed by atoms with Crippen molar-refractivity contribution in [3.05, 3.63) is 59.7 Å². The molecule has 31 heavy (non-hydrogen) atoms. The number of rotatable bonds is 6. The molecule has 0 spiro atoms. The number of nitrogens with one attached hydrogen (secondary N) is 3. The van der Waals surface area contributed by atoms with E-state index in [0.717, 1.165) is 31.2 Å². The lowest BCUT2D eigenvalue weighted by molar-refractivity contribution is -0.128. The number of amides is 3. The van der Waals surface area contributed by atoms with Crippen LogP contribution in [0.2, 0.25) is 0 Å². The number of carbonyl (C=O) groups is 3. The SMILES string of the molecule is Cc1ccc(O[C@H](C)C(=O)NNC(=O)c2ccc(NC(=O)C3CCCCC3)cc2)cc1. The highest BCUT2D eigenvalue weighted by Crippen LogP contribution is 2.25. The van der Waals surface area contributed by atoms with Crippen LogP contribution in [0.15, 0.2) is 48.5 Å². The van der Waals surface area contributed by atoms with E-state index in [1.54, 1.807) is 43.3 Å². The molecule has 3 N–H and O–H groups in total. The van der Waals surface area contributed by atoms with Gasteiger partial charge in [0.25, 0.3) is 11.8 Å². The summed E-state index contributed by atoms with van der Waals surface area (Å²) in [5.41, 5.74) is 6.86. The van der Waals surface area contributed by atoms with Gasteiger partial charge in [0.05, 0.1) is 0 Å². The van der Waals surface area contributed by atoms with Crippen LogP contribution < -0.4 is 20.9 Å². The molecule has 164 valence electrons. The van der Waals surface area contributed by atoms with Crippen molar-refractivity contribution in [3.8, 4) is 5.75 Å². The van der Waals surface area contributed by atoms with Gasteiger partial charge < -0.3 is 10.1 Å². The normalized spacial score (nSPS) is 14.9. The van der Waals surface area contributed by atoms with E-state index < -0.39 is 17.9 Å². The highest BCUT2D eigenvalue weighted by atomic mass is 16.5. The van der Waals surface area contributed by atoms with Gasteiger partial charge in [-0.1, -0.05) is 37.0 Å². The molecule has 0 unspecified atom stereocenters. The van der Waals surface area contributed by atoms with Gasteiger partial charge in [0.2, 0.25) is 5.91 Å². The molecule has 0 radical (unpaired) electrons. The van der Waals surface area contributed by atoms with E-state index in [0.29, 0.717) is 17.0 Å². The van der Waals surface area contributed by atoms with Gasteiger partial charge in [-0.15, -0.1) is 0 Å². The Hall–Kier alpha value is -3.35. The van der Waals surface area contributed by atoms with Crippen LogP contribution in [0.1, 0.15) is 54.9 Å². The van der Waals surface area contributed by atoms with Crippen LogP contribution in [0, 0.1) is 12.8 Å². The summed E-state index contributed by atoms with van der Waals surface area (Å²) in [6.45, 7) is 3.57. The van der Waals surface area contributed by atoms with Crippen LogP contribution in [0.3, 0.4) is 0 Å². The van der Waals surface area contributed by atoms with Gasteiger partial charge in [-0.2, -0.15) is 0 Å². The lowest BCUT2D eigenvalue weighted by Gasteiger charge is -2.20. The predicted molar refractivity (Wildman–Crippen MR) is 119 cm³/mol. The highest BCUT2D eigenvalue weighted by Gasteiger charge is 2.21. The molecule has 7 heteroatoms. The van der Waals surface area contributed by atoms with E-state index in [2.05, 4.69) is 16.2 Å². The van der Waals surface area contributed by atoms with Crippen LogP contribution in [0.5, 0.6) is 5.75 Å². The average Bonchev–Trinajstić information content (AvgIpc) is 2.79. The zero-order valence-corrected chi connectivity index (χ0v) is 17.9. The Kier molecular flexibility index (Phi) is 7.65. The van der Waals surface area contributed by atoms with Crippen LogP contribution in [-0.2, 0) is 9.59 Å². The largest absolute Gasteiger partial charge is 0.481 e. The number of aryl methyl sites for hydroxylation is 1. The zero-order chi connectivity index (χ0) is 22.2. The quantitative estimate of drug-likeness (QED) is 0.617. The minimum atomic E-state index is -0.777. The van der Waals surface area contributed by atoms with E-state index in [1.807, 2.05) is 19.1 Å². The summed E-state index contributed by atoms with van der Waals surface area (Å²) in [5.74, 6) is -0.250. The first-order chi connectivity index (χ1) is 14.9. The Morgan fingerprint density at radius 3 is 2.19 bits per heavy atom. The van der Waals surface area contributed by atoms with Gasteiger partial charge in [0.15, 0.2) is 6.10 Å². The fraction of sp³-hybridized carbons (Fsp3) is 0.375. The molecule has 3 rings (SSSR count). The van der Waals surface area contributed by atoms with Gasteiger partial charge in [-0.05, 0) is 63.1 Å². The van der Waals surface area contributed by atoms with Gasteiger partial charge >= 0.3 is 0 Å². The Bertz CT molecular complexity index is 903. The maximum absolute atomic E-state index is 12.3. The van der Waals surface area contributed by atoms with E-state index in [9.17, 15) is 14.4 Å². The number of hydrogen-bond acceptors (Lipinski definition) is 4. The van der Waals surface area contributed by atoms with Crippen LogP contribution in [0.25, 0.3) is 0 Å². The van der Waals surface area contributed by atoms with Gasteiger partial charge in [-0.3, -0.25) is 25.2 Å². The molecule has 0 saturated heterocycles. The summed E-state index contributed by atoms with van der Waals surface area (Å²) < 4.78 is 5.57. The van der Waals surface area contributed by atoms with Crippen molar-refractivity contribution in [2.24, 2.45) is 5.92 Å². The molecule has 1 fully saturated rings. The molecule has 2 aromatic carbocycles. The first-order valence-electron chi connectivity index (χ1n) is 10.7. The Morgan fingerprint density at radius 1 is 0.903 bits per heavy atom. The molecule has 0 heterocycles. The Balaban J connectivity index is 1.45. The summed E-state index contributed by atoms with van der Waals surface area (Å²) in [4.78, 5) is 36.8. The van der Waals surface area contributed by atoms with E-state index in [4.69, 9.17) is 4.74 Å². The van der Waals surface area contributed by atoms with E-state index >= 15 is 0 Å². The molecule has 1 aliphatic rings. The second-order valence-corrected chi connectivity index (χ2v) is 7.92. The molecule has 2 aromatic rings. The number of benzene rings is 2. The number of hydrazine groups is 1. The zero-order valence-electron chi connectivity index (χ0n) is 17.9. The lowest BCUT2D eigenvalue weighted by atomic mass is 9.88. The summed E-state index contributed by atoms with van der Waals surface area (Å²) in [6, 6.07) is 13.9. The maximum Gasteiger partial charge on any atom is 0.279 e. The van der Waals surface area contributed by atoms with Crippen molar-refractivity contribution in [2.75, 3.05) is 5.32 Å². The fourth-order valence-corrected chi connectivity index (χ4v) is 3.48. The minimum absolute atomic E-state index is 0.0340. The average molecular weight is 424 g/mol. The third kappa shape index (κ3) is 6.57. The van der Waals surface area contributed by atoms with Crippen LogP contribution in [-0.4, -0.2) is 23.8 Å². The number of ether oxygens (including phenoxy) is 1. The van der Waals surface area contributed by atoms with Crippen molar-refractivity contribution in [1.82, 2.24) is 10.9 Å². The fourth-order valence-electron chi connectivity index (χ4n) is 3.48. The number of hydrogen-bond donors (Lipinski definition) is 3. The molecule has 0 aromatic heterocycles. The third-order valence-corrected chi connectivity index (χ3v) is 5.39. The first-order valence-corrected chi connectivity index (χ1v) is 10.7. The molecule has 7 nitrogen and oxygen atoms in total. The van der Waals surface area contributed by atoms with Crippen molar-refractivity contribution >= 4 is 23.4 Å². The van der Waals surface area contributed by atoms with Crippen molar-refractivity contribution < 1.29 is 19.1 Å². The summed E-state index contributed by atoms with van der Waals surface area (Å²) in [6.07, 6.45) is 4.46. The second-order valence-electron chi connectivity index (χ2n) is 7.92. The molecular weight excluding hydrogens is 394 g/mol. The predicted octanol–water partition coefficient (Wildman–Crippen LogP) is 3.74. The molecule has 1 aliphatic carbocycles. The smallest absolute Gasteiger partial charge is 0.279 e. The molecular formula is C24H29N3O4. The van der Waals surface area contributed by atoms with Gasteiger partial charge in [0.1, 0.15) is 5.75 Å². The van der Waals surface area contributed by atoms with Crippen molar-refractivity contribution in [3.63, 3.8) is 0 Å². The monoisotopic (exact) mass is 423 g/mol. The molecule has 1 saturated carbocycles. The van der Waals surface area contributed by atoms with E-state index in [1.165, 1.54) is 6.42 Å². The highest BCUT2D eigenvalue weighted by molar-refractivity contribution is 5.97. The van der Waals surface area contributed by atoms with Crippen molar-refractivity contribution in [1.29, 1.82) is 0 Å². The Morgan fingerprint density at radius 2 is 1.55 bits per heavy atom. The topological polar surface area (TPSA) is 96.5 Å². The standard InChI is InChI=1S/C24H29N3O4/c1-16-8-14-21(15-9-16)31-17(2)22(28)26-27-24(30)19-10-12-20(13-11-19)25-23(29)18-6-4-3-5-7-18/h8-15,17-18H,3-7H2,1-2H3,(H,25,29)(H,26,28)(H,27,30)/t17-/m1/s1. The van der Waals surface area contributed by atoms with Crippen molar-refractivity contribution in [2.45, 2.75) is 52.1 Å². The second kappa shape index (κ2) is 10.6. The molecule has 0 aliphatic heterocycles. The first kappa shape index (κ1) is 22.3. The summed E-state index contributed by atoms with van der Waals surface area (Å²) in [7, 11) is 0. The molecule has 0 bridgehead atoms. The molecule has 1 atom stereocenters. The summed E-state index contributed by atoms with van der Waals surface area (Å²) >= 11 is 0. The number of carbonyl (C=O) groups excluding carboxylic acids is 3. The van der Waals surface area contributed by atoms with Crippen LogP contribution in [0.4, 0.5) is 5.69 Å². The molecule has 3 amide bonds. The van der Waals surface area contributed by atoms with Gasteiger partial charge in [0, 0.05) is 17.2 Å². The van der Waals surface area contributed by atoms with Crippen LogP contribution >= 0.6 is 0 Å². The maximum atomic E-state index is 12.3. The van der Waals surface area contributed by atoms with Gasteiger partial charge in [-0.25, -0.2) is 0 Å².